The maximum Gasteiger partial charge on any atom is 0.456 e. The molecule has 0 amide bonds. The third-order valence-corrected chi connectivity index (χ3v) is 2.96. The van der Waals surface area contributed by atoms with E-state index in [-0.39, 0.29) is 5.75 Å². The highest BCUT2D eigenvalue weighted by Crippen LogP contribution is 2.35. The smallest absolute Gasteiger partial charge is 0.456 e. The van der Waals surface area contributed by atoms with Crippen LogP contribution in [0, 0.1) is 0 Å². The van der Waals surface area contributed by atoms with Crippen LogP contribution >= 0.6 is 12.6 Å². The molecule has 0 aromatic carbocycles. The number of hydrogen-bond acceptors (Lipinski definition) is 4. The predicted octanol–water partition coefficient (Wildman–Crippen LogP) is 4.01. The fraction of sp³-hybridized carbons (Fsp3) is 0.231. The number of hydrogen-bond donors (Lipinski definition) is 1. The standard InChI is InChI=1S/C13H9F5N2OS/c14-12(15,13(16,17)18)7-21-8-3-4-9(20-6-8)11-10(22)2-1-5-19-11/h1-6,22H,7H2. The first-order valence-corrected chi connectivity index (χ1v) is 6.33. The molecule has 0 spiro atoms. The molecule has 2 aromatic heterocycles. The Morgan fingerprint density at radius 1 is 1.05 bits per heavy atom. The van der Waals surface area contributed by atoms with Gasteiger partial charge in [0.2, 0.25) is 0 Å². The molecule has 0 radical (unpaired) electrons. The SMILES string of the molecule is FC(F)(F)C(F)(F)COc1ccc(-c2ncccc2S)nc1. The Kier molecular flexibility index (Phi) is 4.55. The Hall–Kier alpha value is -1.90. The molecule has 0 aliphatic rings. The van der Waals surface area contributed by atoms with Gasteiger partial charge in [-0.1, -0.05) is 0 Å². The van der Waals surface area contributed by atoms with Crippen molar-refractivity contribution in [3.05, 3.63) is 36.7 Å². The Morgan fingerprint density at radius 3 is 2.32 bits per heavy atom. The highest BCUT2D eigenvalue weighted by molar-refractivity contribution is 7.80. The average molecular weight is 336 g/mol. The first-order valence-electron chi connectivity index (χ1n) is 5.88. The quantitative estimate of drug-likeness (QED) is 0.677. The molecule has 2 rings (SSSR count). The number of alkyl halides is 5. The molecule has 2 aromatic rings. The van der Waals surface area contributed by atoms with Gasteiger partial charge in [0.25, 0.3) is 0 Å². The number of rotatable bonds is 4. The number of ether oxygens (including phenoxy) is 1. The van der Waals surface area contributed by atoms with Crippen molar-refractivity contribution in [3.8, 4) is 17.1 Å². The molecule has 0 N–H and O–H groups in total. The number of aromatic nitrogens is 2. The fourth-order valence-electron chi connectivity index (χ4n) is 1.46. The zero-order valence-electron chi connectivity index (χ0n) is 10.8. The van der Waals surface area contributed by atoms with Crippen molar-refractivity contribution in [2.45, 2.75) is 17.0 Å². The lowest BCUT2D eigenvalue weighted by Gasteiger charge is -2.19. The second kappa shape index (κ2) is 6.07. The van der Waals surface area contributed by atoms with Crippen molar-refractivity contribution in [2.24, 2.45) is 0 Å². The molecular weight excluding hydrogens is 327 g/mol. The molecular formula is C13H9F5N2OS. The number of thiol groups is 1. The lowest BCUT2D eigenvalue weighted by atomic mass is 10.2. The molecule has 0 aliphatic carbocycles. The number of halogens is 5. The van der Waals surface area contributed by atoms with Crippen LogP contribution in [-0.2, 0) is 0 Å². The van der Waals surface area contributed by atoms with Gasteiger partial charge >= 0.3 is 12.1 Å². The second-order valence-corrected chi connectivity index (χ2v) is 4.72. The van der Waals surface area contributed by atoms with Gasteiger partial charge in [0.05, 0.1) is 11.9 Å². The van der Waals surface area contributed by atoms with E-state index < -0.39 is 18.7 Å². The van der Waals surface area contributed by atoms with Gasteiger partial charge in [0, 0.05) is 11.1 Å². The summed E-state index contributed by atoms with van der Waals surface area (Å²) in [6.45, 7) is -1.81. The molecule has 0 unspecified atom stereocenters. The third kappa shape index (κ3) is 3.65. The number of nitrogens with zero attached hydrogens (tertiary/aromatic N) is 2. The fourth-order valence-corrected chi connectivity index (χ4v) is 1.71. The summed E-state index contributed by atoms with van der Waals surface area (Å²) in [5.41, 5.74) is 0.846. The Balaban J connectivity index is 2.09. The van der Waals surface area contributed by atoms with Crippen molar-refractivity contribution in [2.75, 3.05) is 6.61 Å². The van der Waals surface area contributed by atoms with Crippen LogP contribution < -0.4 is 4.74 Å². The molecule has 0 aliphatic heterocycles. The number of pyridine rings is 2. The zero-order valence-corrected chi connectivity index (χ0v) is 11.7. The monoisotopic (exact) mass is 336 g/mol. The minimum atomic E-state index is -5.66. The summed E-state index contributed by atoms with van der Waals surface area (Å²) in [5.74, 6) is -5.13. The van der Waals surface area contributed by atoms with Crippen LogP contribution in [0.2, 0.25) is 0 Å². The van der Waals surface area contributed by atoms with Gasteiger partial charge in [0.1, 0.15) is 11.4 Å². The van der Waals surface area contributed by atoms with E-state index in [0.717, 1.165) is 6.20 Å². The lowest BCUT2D eigenvalue weighted by Crippen LogP contribution is -2.41. The zero-order chi connectivity index (χ0) is 16.4. The van der Waals surface area contributed by atoms with E-state index in [9.17, 15) is 22.0 Å². The third-order valence-electron chi connectivity index (χ3n) is 2.60. The van der Waals surface area contributed by atoms with Crippen LogP contribution in [0.1, 0.15) is 0 Å². The van der Waals surface area contributed by atoms with Gasteiger partial charge in [-0.3, -0.25) is 9.97 Å². The molecule has 0 bridgehead atoms. The van der Waals surface area contributed by atoms with Crippen molar-refractivity contribution < 1.29 is 26.7 Å². The second-order valence-electron chi connectivity index (χ2n) is 4.24. The minimum Gasteiger partial charge on any atom is -0.485 e. The highest BCUT2D eigenvalue weighted by atomic mass is 32.1. The molecule has 9 heteroatoms. The van der Waals surface area contributed by atoms with Gasteiger partial charge in [-0.05, 0) is 24.3 Å². The van der Waals surface area contributed by atoms with E-state index in [1.807, 2.05) is 0 Å². The van der Waals surface area contributed by atoms with Gasteiger partial charge in [-0.25, -0.2) is 0 Å². The Labute approximate surface area is 127 Å². The largest absolute Gasteiger partial charge is 0.485 e. The van der Waals surface area contributed by atoms with E-state index in [1.54, 1.807) is 12.1 Å². The molecule has 22 heavy (non-hydrogen) atoms. The van der Waals surface area contributed by atoms with Crippen LogP contribution in [0.15, 0.2) is 41.6 Å². The van der Waals surface area contributed by atoms with E-state index in [2.05, 4.69) is 27.3 Å². The van der Waals surface area contributed by atoms with Crippen molar-refractivity contribution in [3.63, 3.8) is 0 Å². The van der Waals surface area contributed by atoms with Crippen LogP contribution in [0.25, 0.3) is 11.4 Å². The Bertz CT molecular complexity index is 646. The molecule has 2 heterocycles. The van der Waals surface area contributed by atoms with Gasteiger partial charge in [-0.15, -0.1) is 12.6 Å². The lowest BCUT2D eigenvalue weighted by molar-refractivity contribution is -0.290. The summed E-state index contributed by atoms with van der Waals surface area (Å²) in [5, 5.41) is 0. The summed E-state index contributed by atoms with van der Waals surface area (Å²) in [6.07, 6.45) is -3.09. The van der Waals surface area contributed by atoms with E-state index in [0.29, 0.717) is 16.3 Å². The van der Waals surface area contributed by atoms with Crippen molar-refractivity contribution >= 4 is 12.6 Å². The topological polar surface area (TPSA) is 35.0 Å². The molecule has 0 atom stereocenters. The summed E-state index contributed by atoms with van der Waals surface area (Å²) < 4.78 is 65.9. The van der Waals surface area contributed by atoms with Crippen molar-refractivity contribution in [1.29, 1.82) is 0 Å². The molecule has 0 saturated heterocycles. The summed E-state index contributed by atoms with van der Waals surface area (Å²) >= 11 is 4.19. The first-order chi connectivity index (χ1) is 10.2. The maximum atomic E-state index is 12.7. The van der Waals surface area contributed by atoms with Gasteiger partial charge in [0.15, 0.2) is 6.61 Å². The maximum absolute atomic E-state index is 12.7. The predicted molar refractivity (Wildman–Crippen MR) is 71.2 cm³/mol. The molecule has 3 nitrogen and oxygen atoms in total. The van der Waals surface area contributed by atoms with Crippen LogP contribution in [0.5, 0.6) is 5.75 Å². The first kappa shape index (κ1) is 16.5. The minimum absolute atomic E-state index is 0.204. The molecule has 0 saturated carbocycles. The summed E-state index contributed by atoms with van der Waals surface area (Å²) in [6, 6.07) is 5.98. The average Bonchev–Trinajstić information content (AvgIpc) is 2.45. The van der Waals surface area contributed by atoms with Crippen LogP contribution in [0.4, 0.5) is 22.0 Å². The van der Waals surface area contributed by atoms with Gasteiger partial charge in [-0.2, -0.15) is 22.0 Å². The normalized spacial score (nSPS) is 12.3. The summed E-state index contributed by atoms with van der Waals surface area (Å²) in [7, 11) is 0. The van der Waals surface area contributed by atoms with Crippen molar-refractivity contribution in [1.82, 2.24) is 9.97 Å². The summed E-state index contributed by atoms with van der Waals surface area (Å²) in [4.78, 5) is 8.51. The van der Waals surface area contributed by atoms with Gasteiger partial charge < -0.3 is 4.74 Å². The van der Waals surface area contributed by atoms with Crippen LogP contribution in [0.3, 0.4) is 0 Å². The van der Waals surface area contributed by atoms with E-state index in [4.69, 9.17) is 0 Å². The molecule has 118 valence electrons. The van der Waals surface area contributed by atoms with E-state index >= 15 is 0 Å². The molecule has 0 fully saturated rings. The van der Waals surface area contributed by atoms with E-state index in [1.165, 1.54) is 18.3 Å². The van der Waals surface area contributed by atoms with Crippen LogP contribution in [-0.4, -0.2) is 28.7 Å². The highest BCUT2D eigenvalue weighted by Gasteiger charge is 2.58. The Morgan fingerprint density at radius 2 is 1.77 bits per heavy atom.